The first kappa shape index (κ1) is 17.5. The molecule has 7 heteroatoms. The van der Waals surface area contributed by atoms with Crippen LogP contribution in [0.15, 0.2) is 0 Å². The summed E-state index contributed by atoms with van der Waals surface area (Å²) >= 11 is 0. The van der Waals surface area contributed by atoms with Crippen LogP contribution in [0.4, 0.5) is 4.79 Å². The third kappa shape index (κ3) is 3.67. The summed E-state index contributed by atoms with van der Waals surface area (Å²) in [7, 11) is 1.63. The molecular formula is C17H27NO6. The van der Waals surface area contributed by atoms with E-state index in [0.29, 0.717) is 0 Å². The Balaban J connectivity index is 1.60. The van der Waals surface area contributed by atoms with E-state index in [4.69, 9.17) is 18.9 Å². The van der Waals surface area contributed by atoms with Crippen molar-refractivity contribution >= 4 is 12.1 Å². The van der Waals surface area contributed by atoms with Crippen LogP contribution in [0.3, 0.4) is 0 Å². The van der Waals surface area contributed by atoms with Gasteiger partial charge in [-0.15, -0.1) is 0 Å². The number of nitrogens with one attached hydrogen (secondary N) is 1. The van der Waals surface area contributed by atoms with Gasteiger partial charge in [0, 0.05) is 7.11 Å². The molecule has 0 aromatic heterocycles. The molecule has 0 spiro atoms. The molecule has 24 heavy (non-hydrogen) atoms. The number of esters is 1. The summed E-state index contributed by atoms with van der Waals surface area (Å²) in [6, 6.07) is -0.399. The van der Waals surface area contributed by atoms with Crippen molar-refractivity contribution in [2.45, 2.75) is 75.9 Å². The van der Waals surface area contributed by atoms with E-state index in [1.807, 2.05) is 0 Å². The van der Waals surface area contributed by atoms with Gasteiger partial charge in [-0.1, -0.05) is 0 Å². The molecule has 136 valence electrons. The summed E-state index contributed by atoms with van der Waals surface area (Å²) in [4.78, 5) is 24.6. The van der Waals surface area contributed by atoms with Crippen LogP contribution >= 0.6 is 0 Å². The third-order valence-corrected chi connectivity index (χ3v) is 4.95. The molecule has 3 fully saturated rings. The van der Waals surface area contributed by atoms with Crippen molar-refractivity contribution in [3.8, 4) is 0 Å². The highest BCUT2D eigenvalue weighted by Gasteiger charge is 2.55. The van der Waals surface area contributed by atoms with E-state index in [2.05, 4.69) is 5.32 Å². The molecule has 1 N–H and O–H groups in total. The van der Waals surface area contributed by atoms with Crippen LogP contribution in [0.25, 0.3) is 0 Å². The molecule has 2 saturated heterocycles. The third-order valence-electron chi connectivity index (χ3n) is 4.95. The summed E-state index contributed by atoms with van der Waals surface area (Å²) in [5.74, 6) is -0.810. The zero-order valence-corrected chi connectivity index (χ0v) is 14.8. The minimum atomic E-state index is -0.588. The van der Waals surface area contributed by atoms with E-state index in [-0.39, 0.29) is 30.4 Å². The Bertz CT molecular complexity index is 510. The number of hydrogen-bond acceptors (Lipinski definition) is 6. The Kier molecular flexibility index (Phi) is 4.51. The summed E-state index contributed by atoms with van der Waals surface area (Å²) < 4.78 is 22.0. The first-order chi connectivity index (χ1) is 11.2. The van der Waals surface area contributed by atoms with Gasteiger partial charge in [0.1, 0.15) is 23.7 Å². The van der Waals surface area contributed by atoms with Gasteiger partial charge in [0.15, 0.2) is 0 Å². The Morgan fingerprint density at radius 2 is 1.88 bits per heavy atom. The largest absolute Gasteiger partial charge is 0.462 e. The van der Waals surface area contributed by atoms with Crippen molar-refractivity contribution in [2.24, 2.45) is 5.92 Å². The fourth-order valence-electron chi connectivity index (χ4n) is 3.45. The summed E-state index contributed by atoms with van der Waals surface area (Å²) in [5, 5.41) is 2.81. The van der Waals surface area contributed by atoms with E-state index in [0.717, 1.165) is 25.7 Å². The van der Waals surface area contributed by atoms with E-state index < -0.39 is 23.7 Å². The number of hydrogen-bond donors (Lipinski definition) is 1. The average molecular weight is 341 g/mol. The lowest BCUT2D eigenvalue weighted by Gasteiger charge is -2.29. The lowest BCUT2D eigenvalue weighted by molar-refractivity contribution is -0.155. The highest BCUT2D eigenvalue weighted by molar-refractivity contribution is 5.77. The maximum absolute atomic E-state index is 12.6. The molecule has 1 saturated carbocycles. The first-order valence-corrected chi connectivity index (χ1v) is 8.60. The molecule has 4 atom stereocenters. The second kappa shape index (κ2) is 6.19. The van der Waals surface area contributed by atoms with Gasteiger partial charge in [-0.2, -0.15) is 0 Å². The van der Waals surface area contributed by atoms with Gasteiger partial charge in [0.25, 0.3) is 0 Å². The SMILES string of the molecule is COC1(COC(=O)[C@@H]2[C@H](NC(=O)OC(C)(C)C)[C@H]3CC[C@@H]2O3)CC1. The number of rotatable bonds is 5. The van der Waals surface area contributed by atoms with Gasteiger partial charge in [-0.3, -0.25) is 4.79 Å². The van der Waals surface area contributed by atoms with Crippen molar-refractivity contribution in [2.75, 3.05) is 13.7 Å². The Morgan fingerprint density at radius 1 is 1.21 bits per heavy atom. The maximum Gasteiger partial charge on any atom is 0.407 e. The van der Waals surface area contributed by atoms with Crippen LogP contribution in [0, 0.1) is 5.92 Å². The van der Waals surface area contributed by atoms with E-state index in [9.17, 15) is 9.59 Å². The first-order valence-electron chi connectivity index (χ1n) is 8.60. The van der Waals surface area contributed by atoms with Crippen molar-refractivity contribution in [3.05, 3.63) is 0 Å². The number of amides is 1. The summed E-state index contributed by atoms with van der Waals surface area (Å²) in [5.41, 5.74) is -0.891. The standard InChI is InChI=1S/C17H27NO6/c1-16(2,3)24-15(20)18-13-11-6-5-10(23-11)12(13)14(19)22-9-17(21-4)7-8-17/h10-13H,5-9H2,1-4H3,(H,18,20)/t10-,11+,12-,13+/m0/s1. The van der Waals surface area contributed by atoms with Crippen molar-refractivity contribution in [3.63, 3.8) is 0 Å². The topological polar surface area (TPSA) is 83.1 Å². The van der Waals surface area contributed by atoms with Crippen LogP contribution in [-0.2, 0) is 23.7 Å². The van der Waals surface area contributed by atoms with Crippen molar-refractivity contribution in [1.82, 2.24) is 5.32 Å². The lowest BCUT2D eigenvalue weighted by atomic mass is 9.84. The summed E-state index contributed by atoms with van der Waals surface area (Å²) in [6.07, 6.45) is 2.57. The van der Waals surface area contributed by atoms with Crippen LogP contribution < -0.4 is 5.32 Å². The maximum atomic E-state index is 12.6. The Hall–Kier alpha value is -1.34. The van der Waals surface area contributed by atoms with Gasteiger partial charge < -0.3 is 24.3 Å². The second-order valence-corrected chi connectivity index (χ2v) is 7.98. The molecule has 0 radical (unpaired) electrons. The van der Waals surface area contributed by atoms with Gasteiger partial charge in [-0.05, 0) is 46.5 Å². The quantitative estimate of drug-likeness (QED) is 0.768. The van der Waals surface area contributed by atoms with Crippen molar-refractivity contribution in [1.29, 1.82) is 0 Å². The van der Waals surface area contributed by atoms with Crippen LogP contribution in [0.2, 0.25) is 0 Å². The van der Waals surface area contributed by atoms with Gasteiger partial charge in [0.05, 0.1) is 18.2 Å². The molecule has 0 unspecified atom stereocenters. The number of methoxy groups -OCH3 is 1. The molecule has 0 aromatic carbocycles. The lowest BCUT2D eigenvalue weighted by Crippen LogP contribution is -2.51. The number of alkyl carbamates (subject to hydrolysis) is 1. The molecular weight excluding hydrogens is 314 g/mol. The minimum absolute atomic E-state index is 0.155. The van der Waals surface area contributed by atoms with Crippen molar-refractivity contribution < 1.29 is 28.5 Å². The number of carbonyl (C=O) groups excluding carboxylic acids is 2. The molecule has 2 bridgehead atoms. The average Bonchev–Trinajstić information content (AvgIpc) is 2.99. The minimum Gasteiger partial charge on any atom is -0.462 e. The molecule has 3 rings (SSSR count). The van der Waals surface area contributed by atoms with E-state index in [1.54, 1.807) is 27.9 Å². The molecule has 1 aliphatic carbocycles. The number of carbonyl (C=O) groups is 2. The highest BCUT2D eigenvalue weighted by Crippen LogP contribution is 2.42. The number of fused-ring (bicyclic) bond motifs is 2. The predicted molar refractivity (Wildman–Crippen MR) is 84.5 cm³/mol. The fourth-order valence-corrected chi connectivity index (χ4v) is 3.45. The number of ether oxygens (including phenoxy) is 4. The molecule has 3 aliphatic rings. The van der Waals surface area contributed by atoms with E-state index >= 15 is 0 Å². The van der Waals surface area contributed by atoms with Crippen LogP contribution in [-0.4, -0.2) is 55.2 Å². The monoisotopic (exact) mass is 341 g/mol. The smallest absolute Gasteiger partial charge is 0.407 e. The molecule has 7 nitrogen and oxygen atoms in total. The summed E-state index contributed by atoms with van der Waals surface area (Å²) in [6.45, 7) is 5.66. The fraction of sp³-hybridized carbons (Fsp3) is 0.882. The van der Waals surface area contributed by atoms with Gasteiger partial charge in [0.2, 0.25) is 0 Å². The molecule has 2 aliphatic heterocycles. The van der Waals surface area contributed by atoms with Gasteiger partial charge in [-0.25, -0.2) is 4.79 Å². The zero-order chi connectivity index (χ0) is 17.5. The predicted octanol–water partition coefficient (Wildman–Crippen LogP) is 1.78. The Morgan fingerprint density at radius 3 is 2.46 bits per heavy atom. The zero-order valence-electron chi connectivity index (χ0n) is 14.8. The molecule has 0 aromatic rings. The van der Waals surface area contributed by atoms with Gasteiger partial charge >= 0.3 is 12.1 Å². The highest BCUT2D eigenvalue weighted by atomic mass is 16.6. The van der Waals surface area contributed by atoms with Crippen LogP contribution in [0.5, 0.6) is 0 Å². The normalized spacial score (nSPS) is 33.2. The Labute approximate surface area is 142 Å². The van der Waals surface area contributed by atoms with Crippen LogP contribution in [0.1, 0.15) is 46.5 Å². The van der Waals surface area contributed by atoms with E-state index in [1.165, 1.54) is 0 Å². The molecule has 2 heterocycles. The second-order valence-electron chi connectivity index (χ2n) is 7.98. The molecule has 1 amide bonds.